The van der Waals surface area contributed by atoms with Crippen LogP contribution in [0, 0.1) is 6.92 Å². The molecule has 150 valence electrons. The molecule has 0 saturated carbocycles. The van der Waals surface area contributed by atoms with E-state index < -0.39 is 17.8 Å². The minimum Gasteiger partial charge on any atom is -0.349 e. The fourth-order valence-corrected chi connectivity index (χ4v) is 3.98. The number of fused-ring (bicyclic) bond motifs is 1. The van der Waals surface area contributed by atoms with Gasteiger partial charge >= 0.3 is 6.18 Å². The summed E-state index contributed by atoms with van der Waals surface area (Å²) in [7, 11) is 0. The molecule has 0 fully saturated rings. The summed E-state index contributed by atoms with van der Waals surface area (Å²) in [6.45, 7) is 2.64. The van der Waals surface area contributed by atoms with Crippen molar-refractivity contribution in [1.29, 1.82) is 0 Å². The molecule has 0 bridgehead atoms. The van der Waals surface area contributed by atoms with Crippen LogP contribution >= 0.6 is 11.3 Å². The van der Waals surface area contributed by atoms with Gasteiger partial charge in [0.05, 0.1) is 22.8 Å². The van der Waals surface area contributed by atoms with Crippen molar-refractivity contribution in [1.82, 2.24) is 24.9 Å². The van der Waals surface area contributed by atoms with Gasteiger partial charge in [-0.25, -0.2) is 4.68 Å². The van der Waals surface area contributed by atoms with Crippen LogP contribution in [0.5, 0.6) is 0 Å². The summed E-state index contributed by atoms with van der Waals surface area (Å²) in [6, 6.07) is 11.6. The molecule has 3 heterocycles. The summed E-state index contributed by atoms with van der Waals surface area (Å²) in [6.07, 6.45) is -2.82. The molecule has 0 aliphatic heterocycles. The zero-order valence-electron chi connectivity index (χ0n) is 15.3. The normalized spacial score (nSPS) is 11.9. The number of carbonyl (C=O) groups excluding carboxylic acids is 1. The number of para-hydroxylation sites is 1. The highest BCUT2D eigenvalue weighted by molar-refractivity contribution is 7.20. The van der Waals surface area contributed by atoms with E-state index in [9.17, 15) is 18.0 Å². The number of carbonyl (C=O) groups is 1. The lowest BCUT2D eigenvalue weighted by atomic mass is 10.2. The minimum absolute atomic E-state index is 0.0841. The quantitative estimate of drug-likeness (QED) is 0.531. The van der Waals surface area contributed by atoms with Gasteiger partial charge in [-0.3, -0.25) is 9.48 Å². The largest absolute Gasteiger partial charge is 0.435 e. The van der Waals surface area contributed by atoms with Crippen molar-refractivity contribution in [3.8, 4) is 5.69 Å². The van der Waals surface area contributed by atoms with Gasteiger partial charge in [0.25, 0.3) is 5.91 Å². The summed E-state index contributed by atoms with van der Waals surface area (Å²) in [5, 5.41) is 10.6. The molecule has 0 unspecified atom stereocenters. The second-order valence-electron chi connectivity index (χ2n) is 6.40. The Balaban J connectivity index is 1.62. The number of hydrogen-bond acceptors (Lipinski definition) is 4. The van der Waals surface area contributed by atoms with Crippen LogP contribution in [0.2, 0.25) is 0 Å². The number of aryl methyl sites for hydroxylation is 1. The van der Waals surface area contributed by atoms with Gasteiger partial charge in [-0.15, -0.1) is 11.3 Å². The molecule has 0 spiro atoms. The summed E-state index contributed by atoms with van der Waals surface area (Å²) >= 11 is 0.980. The number of benzene rings is 1. The van der Waals surface area contributed by atoms with Crippen LogP contribution < -0.4 is 5.32 Å². The SMILES string of the molecule is Cc1ccn(CCNC(=O)c2cc3c(C(F)(F)F)nn(-c4ccccc4)c3s2)n1. The Morgan fingerprint density at radius 2 is 1.93 bits per heavy atom. The number of amides is 1. The molecule has 1 aromatic carbocycles. The van der Waals surface area contributed by atoms with Crippen molar-refractivity contribution in [2.45, 2.75) is 19.6 Å². The van der Waals surface area contributed by atoms with Gasteiger partial charge in [-0.1, -0.05) is 18.2 Å². The zero-order valence-corrected chi connectivity index (χ0v) is 16.1. The van der Waals surface area contributed by atoms with E-state index in [1.807, 2.05) is 13.0 Å². The topological polar surface area (TPSA) is 64.7 Å². The molecular weight excluding hydrogens is 403 g/mol. The molecule has 1 N–H and O–H groups in total. The van der Waals surface area contributed by atoms with E-state index in [1.54, 1.807) is 41.2 Å². The zero-order chi connectivity index (χ0) is 20.6. The van der Waals surface area contributed by atoms with Crippen LogP contribution in [0.15, 0.2) is 48.7 Å². The van der Waals surface area contributed by atoms with Crippen molar-refractivity contribution in [3.05, 3.63) is 64.9 Å². The predicted octanol–water partition coefficient (Wildman–Crippen LogP) is 4.04. The van der Waals surface area contributed by atoms with Crippen LogP contribution in [0.25, 0.3) is 15.9 Å². The fourth-order valence-electron chi connectivity index (χ4n) is 2.93. The third-order valence-corrected chi connectivity index (χ3v) is 5.36. The Labute approximate surface area is 167 Å². The maximum atomic E-state index is 13.5. The van der Waals surface area contributed by atoms with Crippen molar-refractivity contribution in [2.75, 3.05) is 6.54 Å². The number of nitrogens with zero attached hydrogens (tertiary/aromatic N) is 4. The molecule has 4 aromatic rings. The van der Waals surface area contributed by atoms with Crippen LogP contribution in [0.1, 0.15) is 21.1 Å². The summed E-state index contributed by atoms with van der Waals surface area (Å²) in [4.78, 5) is 12.9. The Morgan fingerprint density at radius 3 is 2.59 bits per heavy atom. The Morgan fingerprint density at radius 1 is 1.17 bits per heavy atom. The first-order valence-electron chi connectivity index (χ1n) is 8.76. The first kappa shape index (κ1) is 19.2. The second kappa shape index (κ2) is 7.36. The highest BCUT2D eigenvalue weighted by Crippen LogP contribution is 2.38. The third-order valence-electron chi connectivity index (χ3n) is 4.25. The maximum Gasteiger partial charge on any atom is 0.435 e. The second-order valence-corrected chi connectivity index (χ2v) is 7.43. The average molecular weight is 419 g/mol. The molecule has 0 aliphatic carbocycles. The smallest absolute Gasteiger partial charge is 0.349 e. The minimum atomic E-state index is -4.62. The van der Waals surface area contributed by atoms with Gasteiger partial charge in [0.15, 0.2) is 5.69 Å². The predicted molar refractivity (Wildman–Crippen MR) is 103 cm³/mol. The molecule has 1 amide bonds. The number of aromatic nitrogens is 4. The monoisotopic (exact) mass is 419 g/mol. The number of alkyl halides is 3. The summed E-state index contributed by atoms with van der Waals surface area (Å²) in [5.74, 6) is -0.428. The van der Waals surface area contributed by atoms with Crippen LogP contribution in [-0.4, -0.2) is 32.0 Å². The van der Waals surface area contributed by atoms with Gasteiger partial charge in [-0.2, -0.15) is 23.4 Å². The Hall–Kier alpha value is -3.14. The number of thiophene rings is 1. The molecular formula is C19H16F3N5OS. The molecule has 3 aromatic heterocycles. The van der Waals surface area contributed by atoms with E-state index in [1.165, 1.54) is 10.7 Å². The molecule has 29 heavy (non-hydrogen) atoms. The van der Waals surface area contributed by atoms with E-state index in [4.69, 9.17) is 0 Å². The lowest BCUT2D eigenvalue weighted by Gasteiger charge is -2.05. The van der Waals surface area contributed by atoms with Crippen molar-refractivity contribution >= 4 is 27.5 Å². The average Bonchev–Trinajstić information content (AvgIpc) is 3.36. The lowest BCUT2D eigenvalue weighted by molar-refractivity contribution is -0.140. The highest BCUT2D eigenvalue weighted by Gasteiger charge is 2.38. The van der Waals surface area contributed by atoms with Crippen LogP contribution in [-0.2, 0) is 12.7 Å². The van der Waals surface area contributed by atoms with Gasteiger partial charge in [0.1, 0.15) is 4.83 Å². The first-order valence-corrected chi connectivity index (χ1v) is 9.58. The Kier molecular flexibility index (Phi) is 4.87. The molecule has 4 rings (SSSR count). The van der Waals surface area contributed by atoms with Crippen LogP contribution in [0.3, 0.4) is 0 Å². The molecule has 0 saturated heterocycles. The van der Waals surface area contributed by atoms with Crippen molar-refractivity contribution in [3.63, 3.8) is 0 Å². The maximum absolute atomic E-state index is 13.5. The Bertz CT molecular complexity index is 1160. The van der Waals surface area contributed by atoms with Crippen LogP contribution in [0.4, 0.5) is 13.2 Å². The standard InChI is InChI=1S/C19H16F3N5OS/c1-12-7-9-26(24-12)10-8-23-17(28)15-11-14-16(19(20,21)22)25-27(18(14)29-15)13-5-3-2-4-6-13/h2-7,9,11H,8,10H2,1H3,(H,23,28). The van der Waals surface area contributed by atoms with E-state index in [0.717, 1.165) is 17.0 Å². The fraction of sp³-hybridized carbons (Fsp3) is 0.211. The lowest BCUT2D eigenvalue weighted by Crippen LogP contribution is -2.26. The molecule has 6 nitrogen and oxygen atoms in total. The van der Waals surface area contributed by atoms with Crippen molar-refractivity contribution < 1.29 is 18.0 Å². The van der Waals surface area contributed by atoms with E-state index in [2.05, 4.69) is 15.5 Å². The number of hydrogen-bond donors (Lipinski definition) is 1. The number of nitrogens with one attached hydrogen (secondary N) is 1. The van der Waals surface area contributed by atoms with Gasteiger partial charge in [-0.05, 0) is 31.2 Å². The van der Waals surface area contributed by atoms with Crippen molar-refractivity contribution in [2.24, 2.45) is 0 Å². The summed E-state index contributed by atoms with van der Waals surface area (Å²) < 4.78 is 43.3. The number of halogens is 3. The third kappa shape index (κ3) is 3.88. The van der Waals surface area contributed by atoms with E-state index >= 15 is 0 Å². The van der Waals surface area contributed by atoms with Gasteiger partial charge < -0.3 is 5.32 Å². The molecule has 10 heteroatoms. The van der Waals surface area contributed by atoms with Gasteiger partial charge in [0.2, 0.25) is 0 Å². The first-order chi connectivity index (χ1) is 13.8. The highest BCUT2D eigenvalue weighted by atomic mass is 32.1. The molecule has 0 atom stereocenters. The van der Waals surface area contributed by atoms with Gasteiger partial charge in [0, 0.05) is 18.1 Å². The van der Waals surface area contributed by atoms with E-state index in [0.29, 0.717) is 18.8 Å². The molecule has 0 radical (unpaired) electrons. The van der Waals surface area contributed by atoms with E-state index in [-0.39, 0.29) is 15.1 Å². The number of rotatable bonds is 5. The summed E-state index contributed by atoms with van der Waals surface area (Å²) in [5.41, 5.74) is 0.362. The molecule has 0 aliphatic rings.